The summed E-state index contributed by atoms with van der Waals surface area (Å²) in [6.07, 6.45) is 33.6. The summed E-state index contributed by atoms with van der Waals surface area (Å²) >= 11 is 0. The van der Waals surface area contributed by atoms with E-state index in [0.717, 1.165) is 77.5 Å². The number of nitrogens with zero attached hydrogens (tertiary/aromatic N) is 2. The minimum Gasteiger partial charge on any atom is -0.464 e. The standard InChI is InChI=1S/C41H81N3O4/c1-3-5-7-9-11-13-15-17-19-21-23-27-40(45)47-37-35-44(32-26-25-31-43-33-29-39(42)30-34-43)36-38-48-41(46)28-24-22-20-18-16-14-12-10-8-6-4-2/h39H,3-38,42H2,1-2H3. The van der Waals surface area contributed by atoms with Crippen LogP contribution in [0.4, 0.5) is 0 Å². The van der Waals surface area contributed by atoms with Gasteiger partial charge in [0, 0.05) is 32.0 Å². The molecule has 0 radical (unpaired) electrons. The van der Waals surface area contributed by atoms with E-state index in [2.05, 4.69) is 23.6 Å². The number of unbranched alkanes of at least 4 members (excludes halogenated alkanes) is 21. The van der Waals surface area contributed by atoms with Crippen molar-refractivity contribution >= 4 is 11.9 Å². The van der Waals surface area contributed by atoms with Crippen LogP contribution in [0.5, 0.6) is 0 Å². The third kappa shape index (κ3) is 29.7. The van der Waals surface area contributed by atoms with Gasteiger partial charge in [-0.25, -0.2) is 0 Å². The molecule has 0 aromatic rings. The number of carbonyl (C=O) groups excluding carboxylic acids is 2. The lowest BCUT2D eigenvalue weighted by atomic mass is 10.1. The van der Waals surface area contributed by atoms with E-state index in [9.17, 15) is 9.59 Å². The number of piperidine rings is 1. The van der Waals surface area contributed by atoms with Gasteiger partial charge in [-0.15, -0.1) is 0 Å². The highest BCUT2D eigenvalue weighted by Gasteiger charge is 2.16. The van der Waals surface area contributed by atoms with Crippen molar-refractivity contribution in [3.8, 4) is 0 Å². The summed E-state index contributed by atoms with van der Waals surface area (Å²) in [5.74, 6) is -0.153. The highest BCUT2D eigenvalue weighted by molar-refractivity contribution is 5.69. The minimum atomic E-state index is -0.0763. The molecule has 0 atom stereocenters. The van der Waals surface area contributed by atoms with Crippen molar-refractivity contribution in [1.29, 1.82) is 0 Å². The van der Waals surface area contributed by atoms with E-state index in [1.54, 1.807) is 0 Å². The van der Waals surface area contributed by atoms with Crippen LogP contribution in [0.2, 0.25) is 0 Å². The second-order valence-corrected chi connectivity index (χ2v) is 14.7. The van der Waals surface area contributed by atoms with Gasteiger partial charge < -0.3 is 20.1 Å². The first kappa shape index (κ1) is 44.8. The lowest BCUT2D eigenvalue weighted by Gasteiger charge is -2.30. The Morgan fingerprint density at radius 1 is 0.542 bits per heavy atom. The van der Waals surface area contributed by atoms with Gasteiger partial charge in [0.25, 0.3) is 0 Å². The van der Waals surface area contributed by atoms with Gasteiger partial charge in [0.15, 0.2) is 0 Å². The Morgan fingerprint density at radius 2 is 0.917 bits per heavy atom. The Morgan fingerprint density at radius 3 is 1.31 bits per heavy atom. The van der Waals surface area contributed by atoms with E-state index in [4.69, 9.17) is 15.2 Å². The molecule has 0 aromatic carbocycles. The highest BCUT2D eigenvalue weighted by atomic mass is 16.5. The lowest BCUT2D eigenvalue weighted by Crippen LogP contribution is -2.40. The normalized spacial score (nSPS) is 14.2. The third-order valence-corrected chi connectivity index (χ3v) is 10.1. The molecule has 7 heteroatoms. The van der Waals surface area contributed by atoms with Gasteiger partial charge in [0.1, 0.15) is 13.2 Å². The minimum absolute atomic E-state index is 0.0763. The first-order valence-corrected chi connectivity index (χ1v) is 21.1. The molecule has 0 spiro atoms. The van der Waals surface area contributed by atoms with Gasteiger partial charge in [-0.1, -0.05) is 142 Å². The number of esters is 2. The van der Waals surface area contributed by atoms with Gasteiger partial charge in [0.2, 0.25) is 0 Å². The maximum absolute atomic E-state index is 12.4. The Labute approximate surface area is 298 Å². The van der Waals surface area contributed by atoms with Crippen molar-refractivity contribution in [3.63, 3.8) is 0 Å². The fourth-order valence-electron chi connectivity index (χ4n) is 6.77. The summed E-state index contributed by atoms with van der Waals surface area (Å²) < 4.78 is 11.2. The molecule has 0 amide bonds. The molecule has 1 aliphatic rings. The highest BCUT2D eigenvalue weighted by Crippen LogP contribution is 2.14. The average molecular weight is 680 g/mol. The average Bonchev–Trinajstić information content (AvgIpc) is 3.08. The van der Waals surface area contributed by atoms with E-state index < -0.39 is 0 Å². The van der Waals surface area contributed by atoms with Crippen LogP contribution in [0, 0.1) is 0 Å². The van der Waals surface area contributed by atoms with Gasteiger partial charge in [0.05, 0.1) is 0 Å². The maximum Gasteiger partial charge on any atom is 0.305 e. The molecule has 1 saturated heterocycles. The molecule has 1 aliphatic heterocycles. The SMILES string of the molecule is CCCCCCCCCCCCCC(=O)OCCN(CCCCN1CCC(N)CC1)CCOC(=O)CCCCCCCCCCCCC. The number of rotatable bonds is 35. The second kappa shape index (κ2) is 34.3. The first-order valence-electron chi connectivity index (χ1n) is 21.1. The molecule has 48 heavy (non-hydrogen) atoms. The van der Waals surface area contributed by atoms with Crippen LogP contribution in [-0.4, -0.2) is 80.3 Å². The van der Waals surface area contributed by atoms with E-state index in [1.807, 2.05) is 0 Å². The molecule has 0 aromatic heterocycles. The summed E-state index contributed by atoms with van der Waals surface area (Å²) in [7, 11) is 0. The lowest BCUT2D eigenvalue weighted by molar-refractivity contribution is -0.144. The maximum atomic E-state index is 12.4. The van der Waals surface area contributed by atoms with Crippen LogP contribution in [-0.2, 0) is 19.1 Å². The van der Waals surface area contributed by atoms with E-state index in [-0.39, 0.29) is 11.9 Å². The zero-order valence-corrected chi connectivity index (χ0v) is 32.1. The van der Waals surface area contributed by atoms with Crippen molar-refractivity contribution in [2.45, 2.75) is 200 Å². The van der Waals surface area contributed by atoms with Crippen LogP contribution in [0.3, 0.4) is 0 Å². The second-order valence-electron chi connectivity index (χ2n) is 14.7. The number of likely N-dealkylation sites (tertiary alicyclic amines) is 1. The molecule has 0 saturated carbocycles. The summed E-state index contributed by atoms with van der Waals surface area (Å²) in [6, 6.07) is 0.368. The zero-order valence-electron chi connectivity index (χ0n) is 32.1. The van der Waals surface area contributed by atoms with E-state index in [0.29, 0.717) is 45.2 Å². The summed E-state index contributed by atoms with van der Waals surface area (Å²) in [4.78, 5) is 29.6. The Bertz CT molecular complexity index is 670. The molecule has 2 N–H and O–H groups in total. The van der Waals surface area contributed by atoms with E-state index in [1.165, 1.54) is 116 Å². The number of nitrogens with two attached hydrogens (primary N) is 1. The number of hydrogen-bond donors (Lipinski definition) is 1. The van der Waals surface area contributed by atoms with Gasteiger partial charge in [-0.2, -0.15) is 0 Å². The van der Waals surface area contributed by atoms with Crippen LogP contribution in [0.1, 0.15) is 194 Å². The number of carbonyl (C=O) groups is 2. The Hall–Kier alpha value is -1.18. The smallest absolute Gasteiger partial charge is 0.305 e. The van der Waals surface area contributed by atoms with Crippen molar-refractivity contribution < 1.29 is 19.1 Å². The summed E-state index contributed by atoms with van der Waals surface area (Å²) in [5, 5.41) is 0. The van der Waals surface area contributed by atoms with Crippen LogP contribution in [0.15, 0.2) is 0 Å². The van der Waals surface area contributed by atoms with E-state index >= 15 is 0 Å². The monoisotopic (exact) mass is 680 g/mol. The summed E-state index contributed by atoms with van der Waals surface area (Å²) in [5.41, 5.74) is 6.07. The van der Waals surface area contributed by atoms with Crippen molar-refractivity contribution in [1.82, 2.24) is 9.80 Å². The molecule has 1 heterocycles. The molecule has 0 unspecified atom stereocenters. The quantitative estimate of drug-likeness (QED) is 0.0527. The zero-order chi connectivity index (χ0) is 34.8. The molecule has 0 aliphatic carbocycles. The van der Waals surface area contributed by atoms with Gasteiger partial charge >= 0.3 is 11.9 Å². The van der Waals surface area contributed by atoms with Crippen LogP contribution >= 0.6 is 0 Å². The van der Waals surface area contributed by atoms with Gasteiger partial charge in [-0.3, -0.25) is 14.5 Å². The molecule has 284 valence electrons. The summed E-state index contributed by atoms with van der Waals surface area (Å²) in [6.45, 7) is 11.0. The largest absolute Gasteiger partial charge is 0.464 e. The van der Waals surface area contributed by atoms with Crippen molar-refractivity contribution in [2.75, 3.05) is 52.5 Å². The Kier molecular flexibility index (Phi) is 32.0. The fourth-order valence-corrected chi connectivity index (χ4v) is 6.77. The molecule has 1 rings (SSSR count). The fraction of sp³-hybridized carbons (Fsp3) is 0.951. The van der Waals surface area contributed by atoms with Crippen molar-refractivity contribution in [3.05, 3.63) is 0 Å². The third-order valence-electron chi connectivity index (χ3n) is 10.1. The molecular weight excluding hydrogens is 598 g/mol. The molecular formula is C41H81N3O4. The molecule has 7 nitrogen and oxygen atoms in total. The molecule has 1 fully saturated rings. The number of hydrogen-bond acceptors (Lipinski definition) is 7. The van der Waals surface area contributed by atoms with Gasteiger partial charge in [-0.05, 0) is 64.7 Å². The Balaban J connectivity index is 2.18. The van der Waals surface area contributed by atoms with Crippen molar-refractivity contribution in [2.24, 2.45) is 5.73 Å². The predicted molar refractivity (Wildman–Crippen MR) is 203 cm³/mol. The molecule has 0 bridgehead atoms. The number of ether oxygens (including phenoxy) is 2. The van der Waals surface area contributed by atoms with Crippen LogP contribution in [0.25, 0.3) is 0 Å². The predicted octanol–water partition coefficient (Wildman–Crippen LogP) is 9.98. The van der Waals surface area contributed by atoms with Crippen LogP contribution < -0.4 is 5.73 Å². The topological polar surface area (TPSA) is 85.1 Å². The first-order chi connectivity index (χ1) is 23.5.